The summed E-state index contributed by atoms with van der Waals surface area (Å²) in [5, 5.41) is 0. The Balaban J connectivity index is 1.96. The number of nitrogens with two attached hydrogens (primary N) is 1. The fraction of sp³-hybridized carbons (Fsp3) is 0.900. The first kappa shape index (κ1) is 10.9. The molecule has 1 amide bonds. The lowest BCUT2D eigenvalue weighted by Crippen LogP contribution is -2.53. The van der Waals surface area contributed by atoms with Gasteiger partial charge >= 0.3 is 0 Å². The number of carbonyl (C=O) groups excluding carboxylic acids is 1. The zero-order chi connectivity index (χ0) is 10.7. The number of hydrogen-bond donors (Lipinski definition) is 1. The van der Waals surface area contributed by atoms with Gasteiger partial charge in [0, 0.05) is 19.7 Å². The molecule has 0 aliphatic carbocycles. The monoisotopic (exact) mass is 214 g/mol. The summed E-state index contributed by atoms with van der Waals surface area (Å²) < 4.78 is 10.5. The molecular weight excluding hydrogens is 196 g/mol. The minimum absolute atomic E-state index is 0.0390. The highest BCUT2D eigenvalue weighted by atomic mass is 16.5. The molecule has 2 atom stereocenters. The molecule has 2 unspecified atom stereocenters. The van der Waals surface area contributed by atoms with Crippen LogP contribution in [0.25, 0.3) is 0 Å². The summed E-state index contributed by atoms with van der Waals surface area (Å²) in [7, 11) is 0. The van der Waals surface area contributed by atoms with Crippen LogP contribution in [0.2, 0.25) is 0 Å². The Hall–Kier alpha value is -0.650. The van der Waals surface area contributed by atoms with Crippen molar-refractivity contribution in [2.75, 3.05) is 39.5 Å². The Morgan fingerprint density at radius 1 is 1.33 bits per heavy atom. The lowest BCUT2D eigenvalue weighted by molar-refractivity contribution is -0.143. The third-order valence-corrected chi connectivity index (χ3v) is 3.06. The van der Waals surface area contributed by atoms with Crippen LogP contribution >= 0.6 is 0 Å². The number of ether oxygens (including phenoxy) is 2. The van der Waals surface area contributed by atoms with Gasteiger partial charge in [0.2, 0.25) is 5.91 Å². The maximum Gasteiger partial charge on any atom is 0.228 e. The van der Waals surface area contributed by atoms with Crippen molar-refractivity contribution in [1.29, 1.82) is 0 Å². The van der Waals surface area contributed by atoms with Crippen LogP contribution in [0, 0.1) is 5.92 Å². The van der Waals surface area contributed by atoms with Crippen molar-refractivity contribution < 1.29 is 14.3 Å². The van der Waals surface area contributed by atoms with Crippen LogP contribution in [0.15, 0.2) is 0 Å². The third kappa shape index (κ3) is 2.30. The van der Waals surface area contributed by atoms with Crippen LogP contribution in [0.4, 0.5) is 0 Å². The molecule has 0 bridgehead atoms. The van der Waals surface area contributed by atoms with Crippen molar-refractivity contribution in [3.63, 3.8) is 0 Å². The second kappa shape index (κ2) is 4.92. The van der Waals surface area contributed by atoms with Crippen LogP contribution in [0.1, 0.15) is 6.42 Å². The van der Waals surface area contributed by atoms with Crippen molar-refractivity contribution in [2.45, 2.75) is 12.5 Å². The van der Waals surface area contributed by atoms with Gasteiger partial charge in [-0.05, 0) is 6.42 Å². The van der Waals surface area contributed by atoms with E-state index < -0.39 is 0 Å². The number of nitrogens with zero attached hydrogens (tertiary/aromatic N) is 1. The first-order valence-corrected chi connectivity index (χ1v) is 5.49. The van der Waals surface area contributed by atoms with Gasteiger partial charge in [0.05, 0.1) is 31.8 Å². The molecule has 0 aromatic heterocycles. The molecule has 86 valence electrons. The zero-order valence-electron chi connectivity index (χ0n) is 8.85. The third-order valence-electron chi connectivity index (χ3n) is 3.06. The fourth-order valence-corrected chi connectivity index (χ4v) is 2.10. The molecule has 5 nitrogen and oxygen atoms in total. The summed E-state index contributed by atoms with van der Waals surface area (Å²) in [6.45, 7) is 3.59. The van der Waals surface area contributed by atoms with E-state index in [2.05, 4.69) is 0 Å². The van der Waals surface area contributed by atoms with Gasteiger partial charge in [0.25, 0.3) is 0 Å². The van der Waals surface area contributed by atoms with E-state index >= 15 is 0 Å². The molecule has 2 aliphatic heterocycles. The summed E-state index contributed by atoms with van der Waals surface area (Å²) in [5.74, 6) is 0.225. The molecule has 0 spiro atoms. The average Bonchev–Trinajstić information content (AvgIpc) is 2.81. The lowest BCUT2D eigenvalue weighted by atomic mass is 10.1. The number of rotatable bonds is 2. The van der Waals surface area contributed by atoms with Crippen LogP contribution in [0.3, 0.4) is 0 Å². The molecule has 0 radical (unpaired) electrons. The predicted molar refractivity (Wildman–Crippen MR) is 54.3 cm³/mol. The molecule has 2 saturated heterocycles. The molecule has 0 saturated carbocycles. The quantitative estimate of drug-likeness (QED) is 0.654. The highest BCUT2D eigenvalue weighted by Crippen LogP contribution is 2.18. The minimum Gasteiger partial charge on any atom is -0.381 e. The van der Waals surface area contributed by atoms with Gasteiger partial charge in [-0.1, -0.05) is 0 Å². The summed E-state index contributed by atoms with van der Waals surface area (Å²) in [5.41, 5.74) is 5.62. The summed E-state index contributed by atoms with van der Waals surface area (Å²) >= 11 is 0. The summed E-state index contributed by atoms with van der Waals surface area (Å²) in [6, 6.07) is 0.0480. The van der Waals surface area contributed by atoms with Crippen LogP contribution in [0.5, 0.6) is 0 Å². The normalized spacial score (nSPS) is 31.9. The molecule has 5 heteroatoms. The molecule has 0 aromatic carbocycles. The van der Waals surface area contributed by atoms with Gasteiger partial charge in [0.15, 0.2) is 0 Å². The van der Waals surface area contributed by atoms with Crippen molar-refractivity contribution in [1.82, 2.24) is 4.90 Å². The van der Waals surface area contributed by atoms with Crippen LogP contribution < -0.4 is 5.73 Å². The van der Waals surface area contributed by atoms with Crippen LogP contribution in [-0.2, 0) is 14.3 Å². The lowest BCUT2D eigenvalue weighted by Gasteiger charge is -2.36. The summed E-state index contributed by atoms with van der Waals surface area (Å²) in [4.78, 5) is 14.0. The van der Waals surface area contributed by atoms with E-state index in [1.807, 2.05) is 4.90 Å². The van der Waals surface area contributed by atoms with E-state index in [9.17, 15) is 4.79 Å². The molecular formula is C10H18N2O3. The molecule has 2 aliphatic rings. The van der Waals surface area contributed by atoms with Gasteiger partial charge in [-0.25, -0.2) is 0 Å². The Morgan fingerprint density at radius 2 is 2.13 bits per heavy atom. The Kier molecular flexibility index (Phi) is 3.56. The number of morpholine rings is 1. The van der Waals surface area contributed by atoms with Gasteiger partial charge in [0.1, 0.15) is 0 Å². The van der Waals surface area contributed by atoms with Crippen LogP contribution in [-0.4, -0.2) is 56.4 Å². The van der Waals surface area contributed by atoms with E-state index in [1.54, 1.807) is 0 Å². The Morgan fingerprint density at radius 3 is 2.80 bits per heavy atom. The molecule has 2 rings (SSSR count). The fourth-order valence-electron chi connectivity index (χ4n) is 2.10. The highest BCUT2D eigenvalue weighted by Gasteiger charge is 2.33. The van der Waals surface area contributed by atoms with E-state index in [-0.39, 0.29) is 17.9 Å². The largest absolute Gasteiger partial charge is 0.381 e. The van der Waals surface area contributed by atoms with E-state index in [4.69, 9.17) is 15.2 Å². The number of amides is 1. The van der Waals surface area contributed by atoms with Crippen molar-refractivity contribution in [3.8, 4) is 0 Å². The zero-order valence-corrected chi connectivity index (χ0v) is 8.85. The van der Waals surface area contributed by atoms with Crippen molar-refractivity contribution >= 4 is 5.91 Å². The standard InChI is InChI=1S/C10H18N2O3/c11-5-9-7-15-4-2-12(9)10(13)8-1-3-14-6-8/h8-9H,1-7,11H2. The molecule has 2 heterocycles. The van der Waals surface area contributed by atoms with E-state index in [0.717, 1.165) is 6.42 Å². The first-order chi connectivity index (χ1) is 7.33. The predicted octanol–water partition coefficient (Wildman–Crippen LogP) is -0.791. The van der Waals surface area contributed by atoms with Gasteiger partial charge in [-0.2, -0.15) is 0 Å². The van der Waals surface area contributed by atoms with Gasteiger partial charge in [-0.15, -0.1) is 0 Å². The second-order valence-corrected chi connectivity index (χ2v) is 4.06. The number of carbonyl (C=O) groups is 1. The SMILES string of the molecule is NCC1COCCN1C(=O)C1CCOC1. The first-order valence-electron chi connectivity index (χ1n) is 5.49. The van der Waals surface area contributed by atoms with E-state index in [1.165, 1.54) is 0 Å². The maximum atomic E-state index is 12.1. The van der Waals surface area contributed by atoms with Crippen molar-refractivity contribution in [3.05, 3.63) is 0 Å². The minimum atomic E-state index is 0.0390. The Labute approximate surface area is 89.5 Å². The van der Waals surface area contributed by atoms with Gasteiger partial charge in [-0.3, -0.25) is 4.79 Å². The van der Waals surface area contributed by atoms with E-state index in [0.29, 0.717) is 39.5 Å². The molecule has 15 heavy (non-hydrogen) atoms. The number of hydrogen-bond acceptors (Lipinski definition) is 4. The maximum absolute atomic E-state index is 12.1. The summed E-state index contributed by atoms with van der Waals surface area (Å²) in [6.07, 6.45) is 0.841. The highest BCUT2D eigenvalue weighted by molar-refractivity contribution is 5.79. The molecule has 0 aromatic rings. The smallest absolute Gasteiger partial charge is 0.228 e. The van der Waals surface area contributed by atoms with Crippen molar-refractivity contribution in [2.24, 2.45) is 11.7 Å². The second-order valence-electron chi connectivity index (χ2n) is 4.06. The van der Waals surface area contributed by atoms with Gasteiger partial charge < -0.3 is 20.1 Å². The average molecular weight is 214 g/mol. The Bertz CT molecular complexity index is 229. The topological polar surface area (TPSA) is 64.8 Å². The molecule has 2 fully saturated rings. The molecule has 2 N–H and O–H groups in total.